The van der Waals surface area contributed by atoms with E-state index in [4.69, 9.17) is 12.2 Å². The van der Waals surface area contributed by atoms with Crippen molar-refractivity contribution < 1.29 is 4.79 Å². The molecule has 2 saturated heterocycles. The fourth-order valence-electron chi connectivity index (χ4n) is 2.38. The Morgan fingerprint density at radius 3 is 2.30 bits per heavy atom. The van der Waals surface area contributed by atoms with E-state index >= 15 is 0 Å². The molecule has 2 rings (SSSR count). The van der Waals surface area contributed by atoms with E-state index in [1.807, 2.05) is 44.7 Å². The van der Waals surface area contributed by atoms with E-state index in [9.17, 15) is 4.79 Å². The standard InChI is InChI=1S/C13H22N4OS2/c1-11(2,3)8(18)14-10-17(7)13(5)12(4,20-10)15-9(19)16(13)6/h1-7H3,(H,15,19)/t12-,13+/m1/s1. The Kier molecular flexibility index (Phi) is 3.37. The first-order valence-corrected chi connectivity index (χ1v) is 7.78. The van der Waals surface area contributed by atoms with Crippen LogP contribution in [0.25, 0.3) is 0 Å². The van der Waals surface area contributed by atoms with Crippen molar-refractivity contribution in [2.75, 3.05) is 14.1 Å². The maximum atomic E-state index is 12.2. The molecule has 0 saturated carbocycles. The summed E-state index contributed by atoms with van der Waals surface area (Å²) in [5, 5.41) is 4.79. The number of amides is 1. The van der Waals surface area contributed by atoms with Crippen molar-refractivity contribution >= 4 is 40.2 Å². The molecule has 112 valence electrons. The molecule has 1 N–H and O–H groups in total. The molecule has 0 aromatic carbocycles. The highest BCUT2D eigenvalue weighted by Gasteiger charge is 2.64. The molecule has 2 aliphatic rings. The van der Waals surface area contributed by atoms with Crippen LogP contribution >= 0.6 is 24.0 Å². The van der Waals surface area contributed by atoms with Gasteiger partial charge in [-0.3, -0.25) is 4.79 Å². The zero-order chi connectivity index (χ0) is 15.5. The first-order chi connectivity index (χ1) is 8.93. The Balaban J connectivity index is 2.40. The average Bonchev–Trinajstić information content (AvgIpc) is 2.59. The Morgan fingerprint density at radius 1 is 1.30 bits per heavy atom. The lowest BCUT2D eigenvalue weighted by Crippen LogP contribution is -2.59. The number of aliphatic imine (C=N–C) groups is 1. The summed E-state index contributed by atoms with van der Waals surface area (Å²) in [5.41, 5.74) is -0.811. The van der Waals surface area contributed by atoms with Crippen LogP contribution in [-0.2, 0) is 4.79 Å². The summed E-state index contributed by atoms with van der Waals surface area (Å²) in [6.07, 6.45) is 0. The van der Waals surface area contributed by atoms with Crippen molar-refractivity contribution in [3.05, 3.63) is 0 Å². The van der Waals surface area contributed by atoms with Crippen molar-refractivity contribution in [2.24, 2.45) is 10.4 Å². The zero-order valence-electron chi connectivity index (χ0n) is 13.1. The lowest BCUT2D eigenvalue weighted by atomic mass is 9.96. The second kappa shape index (κ2) is 4.34. The van der Waals surface area contributed by atoms with Crippen LogP contribution in [-0.4, -0.2) is 50.6 Å². The normalized spacial score (nSPS) is 35.5. The van der Waals surface area contributed by atoms with Gasteiger partial charge in [-0.25, -0.2) is 0 Å². The molecule has 0 aromatic rings. The van der Waals surface area contributed by atoms with Gasteiger partial charge in [0.25, 0.3) is 5.91 Å². The summed E-state index contributed by atoms with van der Waals surface area (Å²) in [6, 6.07) is 0. The second-order valence-electron chi connectivity index (χ2n) is 6.65. The first kappa shape index (κ1) is 15.6. The zero-order valence-corrected chi connectivity index (χ0v) is 14.7. The monoisotopic (exact) mass is 314 g/mol. The number of nitrogens with one attached hydrogen (secondary N) is 1. The van der Waals surface area contributed by atoms with Crippen LogP contribution in [0.15, 0.2) is 4.99 Å². The molecule has 7 heteroatoms. The summed E-state index contributed by atoms with van der Waals surface area (Å²) in [7, 11) is 3.92. The number of fused-ring (bicyclic) bond motifs is 1. The molecule has 2 heterocycles. The van der Waals surface area contributed by atoms with E-state index < -0.39 is 5.41 Å². The maximum absolute atomic E-state index is 12.2. The molecule has 0 unspecified atom stereocenters. The lowest BCUT2D eigenvalue weighted by Gasteiger charge is -2.41. The van der Waals surface area contributed by atoms with E-state index in [1.165, 1.54) is 0 Å². The average molecular weight is 314 g/mol. The van der Waals surface area contributed by atoms with Crippen LogP contribution in [0.5, 0.6) is 0 Å². The number of thiocarbonyl (C=S) groups is 1. The highest BCUT2D eigenvalue weighted by molar-refractivity contribution is 8.15. The smallest absolute Gasteiger partial charge is 0.253 e. The van der Waals surface area contributed by atoms with Crippen LogP contribution in [0, 0.1) is 5.41 Å². The summed E-state index contributed by atoms with van der Waals surface area (Å²) in [4.78, 5) is 20.2. The number of carbonyl (C=O) groups is 1. The number of hydrogen-bond acceptors (Lipinski definition) is 3. The predicted octanol–water partition coefficient (Wildman–Crippen LogP) is 1.85. The number of rotatable bonds is 0. The van der Waals surface area contributed by atoms with Gasteiger partial charge in [-0.15, -0.1) is 0 Å². The Labute approximate surface area is 130 Å². The number of amidine groups is 1. The van der Waals surface area contributed by atoms with Crippen molar-refractivity contribution in [3.8, 4) is 0 Å². The van der Waals surface area contributed by atoms with Gasteiger partial charge >= 0.3 is 0 Å². The van der Waals surface area contributed by atoms with E-state index in [1.54, 1.807) is 11.8 Å². The van der Waals surface area contributed by atoms with Crippen LogP contribution in [0.2, 0.25) is 0 Å². The molecule has 2 fully saturated rings. The molecule has 1 amide bonds. The van der Waals surface area contributed by atoms with Crippen LogP contribution < -0.4 is 5.32 Å². The summed E-state index contributed by atoms with van der Waals surface area (Å²) in [6.45, 7) is 9.83. The molecule has 0 radical (unpaired) electrons. The number of nitrogens with zero attached hydrogens (tertiary/aromatic N) is 3. The van der Waals surface area contributed by atoms with Crippen molar-refractivity contribution in [3.63, 3.8) is 0 Å². The fourth-order valence-corrected chi connectivity index (χ4v) is 4.25. The third kappa shape index (κ3) is 1.94. The molecule has 0 aromatic heterocycles. The van der Waals surface area contributed by atoms with Gasteiger partial charge < -0.3 is 15.1 Å². The van der Waals surface area contributed by atoms with Crippen LogP contribution in [0.3, 0.4) is 0 Å². The largest absolute Gasteiger partial charge is 0.344 e. The minimum absolute atomic E-state index is 0.107. The number of thioether (sulfide) groups is 1. The van der Waals surface area contributed by atoms with Gasteiger partial charge in [0.05, 0.1) is 0 Å². The molecule has 2 atom stereocenters. The lowest BCUT2D eigenvalue weighted by molar-refractivity contribution is -0.124. The van der Waals surface area contributed by atoms with E-state index in [2.05, 4.69) is 24.2 Å². The van der Waals surface area contributed by atoms with Crippen molar-refractivity contribution in [2.45, 2.75) is 45.2 Å². The molecule has 0 aliphatic carbocycles. The Hall–Kier alpha value is -0.820. The topological polar surface area (TPSA) is 47.9 Å². The number of likely N-dealkylation sites (N-methyl/N-ethyl adjacent to an activating group) is 2. The molecule has 2 aliphatic heterocycles. The predicted molar refractivity (Wildman–Crippen MR) is 87.6 cm³/mol. The van der Waals surface area contributed by atoms with Gasteiger partial charge in [-0.1, -0.05) is 32.5 Å². The SMILES string of the molecule is CN1C(=S)N[C@]2(C)SC(=NC(=O)C(C)(C)C)N(C)[C@]12C. The highest BCUT2D eigenvalue weighted by Crippen LogP contribution is 2.50. The van der Waals surface area contributed by atoms with Gasteiger partial charge in [0.1, 0.15) is 10.5 Å². The summed E-state index contributed by atoms with van der Waals surface area (Å²) in [5.74, 6) is -0.107. The molecule has 20 heavy (non-hydrogen) atoms. The minimum Gasteiger partial charge on any atom is -0.344 e. The van der Waals surface area contributed by atoms with Gasteiger partial charge in [0.15, 0.2) is 10.3 Å². The summed E-state index contributed by atoms with van der Waals surface area (Å²) < 4.78 is 0. The molecular weight excluding hydrogens is 292 g/mol. The Bertz CT molecular complexity index is 513. The highest BCUT2D eigenvalue weighted by atomic mass is 32.2. The van der Waals surface area contributed by atoms with Crippen molar-refractivity contribution in [1.82, 2.24) is 15.1 Å². The van der Waals surface area contributed by atoms with Gasteiger partial charge in [-0.2, -0.15) is 4.99 Å². The number of hydrogen-bond donors (Lipinski definition) is 1. The van der Waals surface area contributed by atoms with Gasteiger partial charge in [0, 0.05) is 19.5 Å². The van der Waals surface area contributed by atoms with E-state index in [-0.39, 0.29) is 16.4 Å². The Morgan fingerprint density at radius 2 is 1.85 bits per heavy atom. The third-order valence-corrected chi connectivity index (χ3v) is 6.10. The van der Waals surface area contributed by atoms with Crippen LogP contribution in [0.4, 0.5) is 0 Å². The fraction of sp³-hybridized carbons (Fsp3) is 0.769. The van der Waals surface area contributed by atoms with E-state index in [0.29, 0.717) is 0 Å². The minimum atomic E-state index is -0.470. The molecular formula is C13H22N4OS2. The maximum Gasteiger partial charge on any atom is 0.253 e. The number of carbonyl (C=O) groups excluding carboxylic acids is 1. The molecule has 0 bridgehead atoms. The van der Waals surface area contributed by atoms with E-state index in [0.717, 1.165) is 10.3 Å². The van der Waals surface area contributed by atoms with Gasteiger partial charge in [0.2, 0.25) is 0 Å². The molecule has 0 spiro atoms. The molecule has 5 nitrogen and oxygen atoms in total. The first-order valence-electron chi connectivity index (χ1n) is 6.55. The second-order valence-corrected chi connectivity index (χ2v) is 8.43. The summed E-state index contributed by atoms with van der Waals surface area (Å²) >= 11 is 6.90. The third-order valence-electron chi connectivity index (χ3n) is 4.28. The van der Waals surface area contributed by atoms with Gasteiger partial charge in [-0.05, 0) is 26.1 Å². The quantitative estimate of drug-likeness (QED) is 0.689. The van der Waals surface area contributed by atoms with Crippen molar-refractivity contribution in [1.29, 1.82) is 0 Å². The van der Waals surface area contributed by atoms with Crippen LogP contribution in [0.1, 0.15) is 34.6 Å².